The Labute approximate surface area is 107 Å². The van der Waals surface area contributed by atoms with Crippen molar-refractivity contribution in [3.8, 4) is 0 Å². The fourth-order valence-corrected chi connectivity index (χ4v) is 2.76. The van der Waals surface area contributed by atoms with E-state index in [-0.39, 0.29) is 12.1 Å². The van der Waals surface area contributed by atoms with E-state index >= 15 is 0 Å². The molecule has 0 aliphatic carbocycles. The highest BCUT2D eigenvalue weighted by atomic mass is 32.2. The van der Waals surface area contributed by atoms with Crippen LogP contribution in [-0.4, -0.2) is 43.8 Å². The normalized spacial score (nSPS) is 15.2. The Bertz CT molecular complexity index is 342. The molecule has 5 nitrogen and oxygen atoms in total. The number of aromatic nitrogens is 3. The summed E-state index contributed by atoms with van der Waals surface area (Å²) in [5.74, 6) is 0.906. The molecule has 0 aromatic carbocycles. The molecule has 1 atom stereocenters. The molecule has 0 aliphatic heterocycles. The van der Waals surface area contributed by atoms with Crippen LogP contribution in [0.3, 0.4) is 0 Å². The first-order chi connectivity index (χ1) is 7.97. The van der Waals surface area contributed by atoms with Crippen molar-refractivity contribution in [3.05, 3.63) is 6.33 Å². The molecule has 0 radical (unpaired) electrons. The molecule has 0 saturated heterocycles. The van der Waals surface area contributed by atoms with Gasteiger partial charge in [0.05, 0.1) is 6.61 Å². The lowest BCUT2D eigenvalue weighted by Crippen LogP contribution is -2.49. The van der Waals surface area contributed by atoms with Crippen LogP contribution in [0.1, 0.15) is 27.2 Å². The van der Waals surface area contributed by atoms with E-state index in [1.54, 1.807) is 18.1 Å². The van der Waals surface area contributed by atoms with Gasteiger partial charge in [-0.1, -0.05) is 25.6 Å². The van der Waals surface area contributed by atoms with Crippen LogP contribution in [0.25, 0.3) is 0 Å². The highest BCUT2D eigenvalue weighted by Gasteiger charge is 2.23. The fraction of sp³-hybridized carbons (Fsp3) is 0.818. The van der Waals surface area contributed by atoms with Crippen molar-refractivity contribution < 1.29 is 5.11 Å². The molecular formula is C11H22N4OS. The average Bonchev–Trinajstić information content (AvgIpc) is 2.63. The van der Waals surface area contributed by atoms with E-state index in [9.17, 15) is 5.11 Å². The van der Waals surface area contributed by atoms with Gasteiger partial charge in [-0.2, -0.15) is 0 Å². The zero-order chi connectivity index (χ0) is 12.9. The average molecular weight is 258 g/mol. The van der Waals surface area contributed by atoms with Crippen molar-refractivity contribution in [3.63, 3.8) is 0 Å². The number of rotatable bonds is 7. The maximum absolute atomic E-state index is 9.44. The lowest BCUT2D eigenvalue weighted by atomic mass is 9.99. The van der Waals surface area contributed by atoms with Gasteiger partial charge in [0.1, 0.15) is 6.33 Å². The summed E-state index contributed by atoms with van der Waals surface area (Å²) in [5, 5.41) is 21.6. The molecule has 2 N–H and O–H groups in total. The third-order valence-corrected chi connectivity index (χ3v) is 3.58. The molecule has 1 unspecified atom stereocenters. The molecule has 1 rings (SSSR count). The van der Waals surface area contributed by atoms with Gasteiger partial charge < -0.3 is 15.0 Å². The van der Waals surface area contributed by atoms with E-state index in [0.29, 0.717) is 6.04 Å². The van der Waals surface area contributed by atoms with E-state index < -0.39 is 0 Å². The minimum absolute atomic E-state index is 0.143. The van der Waals surface area contributed by atoms with Crippen LogP contribution in [0.4, 0.5) is 0 Å². The third kappa shape index (κ3) is 4.65. The van der Waals surface area contributed by atoms with Gasteiger partial charge in [0.25, 0.3) is 0 Å². The van der Waals surface area contributed by atoms with Crippen molar-refractivity contribution >= 4 is 11.8 Å². The van der Waals surface area contributed by atoms with Crippen LogP contribution in [0.2, 0.25) is 0 Å². The molecule has 98 valence electrons. The van der Waals surface area contributed by atoms with Crippen LogP contribution in [0, 0.1) is 0 Å². The number of hydrogen-bond acceptors (Lipinski definition) is 5. The highest BCUT2D eigenvalue weighted by molar-refractivity contribution is 7.99. The number of nitrogens with one attached hydrogen (secondary N) is 1. The van der Waals surface area contributed by atoms with Gasteiger partial charge in [0, 0.05) is 24.4 Å². The molecule has 1 aromatic heterocycles. The number of thioether (sulfide) groups is 1. The lowest BCUT2D eigenvalue weighted by Gasteiger charge is -2.31. The highest BCUT2D eigenvalue weighted by Crippen LogP contribution is 2.19. The van der Waals surface area contributed by atoms with Gasteiger partial charge in [-0.05, 0) is 13.3 Å². The Morgan fingerprint density at radius 2 is 2.29 bits per heavy atom. The van der Waals surface area contributed by atoms with Gasteiger partial charge in [-0.15, -0.1) is 10.2 Å². The molecule has 0 fully saturated rings. The monoisotopic (exact) mass is 258 g/mol. The van der Waals surface area contributed by atoms with Crippen molar-refractivity contribution in [1.82, 2.24) is 20.1 Å². The summed E-state index contributed by atoms with van der Waals surface area (Å²) in [6.45, 7) is 6.36. The van der Waals surface area contributed by atoms with Gasteiger partial charge in [-0.25, -0.2) is 0 Å². The Morgan fingerprint density at radius 3 is 2.76 bits per heavy atom. The largest absolute Gasteiger partial charge is 0.394 e. The second-order valence-corrected chi connectivity index (χ2v) is 5.90. The molecule has 0 aliphatic rings. The number of hydrogen-bond donors (Lipinski definition) is 2. The summed E-state index contributed by atoms with van der Waals surface area (Å²) in [6.07, 6.45) is 2.58. The molecule has 0 saturated carbocycles. The number of aryl methyl sites for hydroxylation is 1. The molecule has 17 heavy (non-hydrogen) atoms. The Balaban J connectivity index is 2.40. The summed E-state index contributed by atoms with van der Waals surface area (Å²) >= 11 is 1.66. The molecule has 1 aromatic rings. The zero-order valence-corrected chi connectivity index (χ0v) is 11.8. The molecule has 0 spiro atoms. The Morgan fingerprint density at radius 1 is 1.59 bits per heavy atom. The van der Waals surface area contributed by atoms with Crippen molar-refractivity contribution in [2.75, 3.05) is 12.4 Å². The van der Waals surface area contributed by atoms with E-state index in [2.05, 4.69) is 29.4 Å². The number of aliphatic hydroxyl groups excluding tert-OH is 1. The van der Waals surface area contributed by atoms with Gasteiger partial charge in [-0.3, -0.25) is 0 Å². The fourth-order valence-electron chi connectivity index (χ4n) is 1.66. The molecule has 6 heteroatoms. The second kappa shape index (κ2) is 6.37. The second-order valence-electron chi connectivity index (χ2n) is 4.84. The third-order valence-electron chi connectivity index (χ3n) is 2.54. The maximum atomic E-state index is 9.44. The van der Waals surface area contributed by atoms with Crippen LogP contribution in [-0.2, 0) is 7.05 Å². The minimum atomic E-state index is -0.222. The van der Waals surface area contributed by atoms with Crippen LogP contribution >= 0.6 is 11.8 Å². The lowest BCUT2D eigenvalue weighted by molar-refractivity contribution is 0.162. The summed E-state index contributed by atoms with van der Waals surface area (Å²) in [4.78, 5) is 0. The van der Waals surface area contributed by atoms with E-state index in [4.69, 9.17) is 0 Å². The first-order valence-corrected chi connectivity index (χ1v) is 6.81. The smallest absolute Gasteiger partial charge is 0.190 e. The number of nitrogens with zero attached hydrogens (tertiary/aromatic N) is 3. The minimum Gasteiger partial charge on any atom is -0.394 e. The van der Waals surface area contributed by atoms with Crippen molar-refractivity contribution in [1.29, 1.82) is 0 Å². The van der Waals surface area contributed by atoms with E-state index in [0.717, 1.165) is 17.3 Å². The topological polar surface area (TPSA) is 63.0 Å². The predicted molar refractivity (Wildman–Crippen MR) is 70.1 cm³/mol. The molecule has 0 bridgehead atoms. The van der Waals surface area contributed by atoms with E-state index in [1.807, 2.05) is 18.5 Å². The summed E-state index contributed by atoms with van der Waals surface area (Å²) in [6, 6.07) is 0.368. The summed E-state index contributed by atoms with van der Waals surface area (Å²) in [7, 11) is 1.93. The van der Waals surface area contributed by atoms with Gasteiger partial charge in [0.15, 0.2) is 5.16 Å². The first-order valence-electron chi connectivity index (χ1n) is 5.82. The molecule has 1 heterocycles. The summed E-state index contributed by atoms with van der Waals surface area (Å²) in [5.41, 5.74) is -0.222. The molecule has 0 amide bonds. The maximum Gasteiger partial charge on any atom is 0.190 e. The molecular weight excluding hydrogens is 236 g/mol. The van der Waals surface area contributed by atoms with Crippen molar-refractivity contribution in [2.24, 2.45) is 7.05 Å². The van der Waals surface area contributed by atoms with Crippen LogP contribution < -0.4 is 5.32 Å². The first kappa shape index (κ1) is 14.5. The van der Waals surface area contributed by atoms with Crippen molar-refractivity contribution in [2.45, 2.75) is 43.9 Å². The zero-order valence-electron chi connectivity index (χ0n) is 11.0. The standard InChI is InChI=1S/C11H22N4OS/c1-9(2)13-11(3,7-16)5-6-17-10-14-12-8-15(10)4/h8-9,13,16H,5-7H2,1-4H3. The van der Waals surface area contributed by atoms with Crippen LogP contribution in [0.5, 0.6) is 0 Å². The number of aliphatic hydroxyl groups is 1. The Hall–Kier alpha value is -0.590. The van der Waals surface area contributed by atoms with Crippen LogP contribution in [0.15, 0.2) is 11.5 Å². The Kier molecular flexibility index (Phi) is 5.42. The SMILES string of the molecule is CC(C)NC(C)(CO)CCSc1nncn1C. The summed E-state index contributed by atoms with van der Waals surface area (Å²) < 4.78 is 1.90. The van der Waals surface area contributed by atoms with E-state index in [1.165, 1.54) is 0 Å². The van der Waals surface area contributed by atoms with Gasteiger partial charge >= 0.3 is 0 Å². The predicted octanol–water partition coefficient (Wildman–Crippen LogP) is 1.05. The quantitative estimate of drug-likeness (QED) is 0.716. The van der Waals surface area contributed by atoms with Gasteiger partial charge in [0.2, 0.25) is 0 Å².